The third kappa shape index (κ3) is 2.48. The molecule has 0 amide bonds. The van der Waals surface area contributed by atoms with E-state index in [1.165, 1.54) is 52.0 Å². The average molecular weight is 196 g/mol. The number of rotatable bonds is 3. The molecule has 82 valence electrons. The summed E-state index contributed by atoms with van der Waals surface area (Å²) >= 11 is 0. The summed E-state index contributed by atoms with van der Waals surface area (Å²) in [5, 5.41) is 0. The van der Waals surface area contributed by atoms with Gasteiger partial charge in [0.25, 0.3) is 0 Å². The van der Waals surface area contributed by atoms with Crippen molar-refractivity contribution in [1.29, 1.82) is 0 Å². The smallest absolute Gasteiger partial charge is 0.00220 e. The molecule has 2 nitrogen and oxygen atoms in total. The van der Waals surface area contributed by atoms with Crippen LogP contribution >= 0.6 is 0 Å². The lowest BCUT2D eigenvalue weighted by Gasteiger charge is -2.42. The summed E-state index contributed by atoms with van der Waals surface area (Å²) in [6, 6.07) is 0. The number of hydrogen-bond donors (Lipinski definition) is 0. The number of nitrogens with zero attached hydrogens (tertiary/aromatic N) is 2. The fourth-order valence-electron chi connectivity index (χ4n) is 2.69. The molecule has 0 radical (unpaired) electrons. The largest absolute Gasteiger partial charge is 0.306 e. The van der Waals surface area contributed by atoms with Crippen LogP contribution in [0.5, 0.6) is 0 Å². The summed E-state index contributed by atoms with van der Waals surface area (Å²) in [5.41, 5.74) is 0. The molecule has 2 rings (SSSR count). The van der Waals surface area contributed by atoms with Crippen molar-refractivity contribution in [1.82, 2.24) is 9.80 Å². The third-order valence-electron chi connectivity index (χ3n) is 3.96. The quantitative estimate of drug-likeness (QED) is 0.677. The van der Waals surface area contributed by atoms with E-state index in [1.807, 2.05) is 0 Å². The van der Waals surface area contributed by atoms with Gasteiger partial charge in [0.2, 0.25) is 0 Å². The molecule has 0 aromatic rings. The molecule has 2 fully saturated rings. The Hall–Kier alpha value is -0.0800. The van der Waals surface area contributed by atoms with Crippen molar-refractivity contribution in [2.45, 2.75) is 26.2 Å². The van der Waals surface area contributed by atoms with Crippen molar-refractivity contribution >= 4 is 0 Å². The van der Waals surface area contributed by atoms with Crippen LogP contribution in [0.3, 0.4) is 0 Å². The standard InChI is InChI=1S/C12H24N2/c1-3-11-8-14(9-11)10-12-4-6-13(2)7-5-12/h11-12H,3-10H2,1-2H3. The van der Waals surface area contributed by atoms with Gasteiger partial charge < -0.3 is 9.80 Å². The fourth-order valence-corrected chi connectivity index (χ4v) is 2.69. The van der Waals surface area contributed by atoms with Crippen LogP contribution in [0.4, 0.5) is 0 Å². The van der Waals surface area contributed by atoms with E-state index in [4.69, 9.17) is 0 Å². The second-order valence-electron chi connectivity index (χ2n) is 5.24. The Morgan fingerprint density at radius 2 is 1.71 bits per heavy atom. The van der Waals surface area contributed by atoms with Crippen LogP contribution in [0.2, 0.25) is 0 Å². The lowest BCUT2D eigenvalue weighted by Crippen LogP contribution is -2.49. The molecule has 0 aromatic heterocycles. The molecule has 0 spiro atoms. The van der Waals surface area contributed by atoms with Crippen LogP contribution in [-0.2, 0) is 0 Å². The van der Waals surface area contributed by atoms with Crippen LogP contribution in [0, 0.1) is 11.8 Å². The van der Waals surface area contributed by atoms with Gasteiger partial charge in [0, 0.05) is 19.6 Å². The monoisotopic (exact) mass is 196 g/mol. The van der Waals surface area contributed by atoms with Gasteiger partial charge in [-0.3, -0.25) is 0 Å². The maximum absolute atomic E-state index is 2.66. The molecule has 2 saturated heterocycles. The second-order valence-corrected chi connectivity index (χ2v) is 5.24. The number of likely N-dealkylation sites (tertiary alicyclic amines) is 2. The Labute approximate surface area is 88.3 Å². The molecule has 0 bridgehead atoms. The average Bonchev–Trinajstić information content (AvgIpc) is 2.13. The van der Waals surface area contributed by atoms with Gasteiger partial charge in [-0.15, -0.1) is 0 Å². The molecule has 2 heterocycles. The molecular weight excluding hydrogens is 172 g/mol. The van der Waals surface area contributed by atoms with E-state index in [2.05, 4.69) is 23.8 Å². The molecule has 0 atom stereocenters. The van der Waals surface area contributed by atoms with E-state index in [1.54, 1.807) is 0 Å². The van der Waals surface area contributed by atoms with Crippen LogP contribution in [-0.4, -0.2) is 49.6 Å². The SMILES string of the molecule is CCC1CN(CC2CCN(C)CC2)C1. The second kappa shape index (κ2) is 4.63. The predicted molar refractivity (Wildman–Crippen MR) is 60.4 cm³/mol. The van der Waals surface area contributed by atoms with Crippen molar-refractivity contribution in [3.05, 3.63) is 0 Å². The minimum Gasteiger partial charge on any atom is -0.306 e. The highest BCUT2D eigenvalue weighted by molar-refractivity contribution is 4.82. The van der Waals surface area contributed by atoms with Crippen LogP contribution in [0.1, 0.15) is 26.2 Å². The van der Waals surface area contributed by atoms with Gasteiger partial charge in [0.05, 0.1) is 0 Å². The van der Waals surface area contributed by atoms with E-state index in [0.29, 0.717) is 0 Å². The molecule has 0 unspecified atom stereocenters. The first-order chi connectivity index (χ1) is 6.78. The number of piperidine rings is 1. The van der Waals surface area contributed by atoms with Gasteiger partial charge >= 0.3 is 0 Å². The molecule has 2 heteroatoms. The molecule has 14 heavy (non-hydrogen) atoms. The van der Waals surface area contributed by atoms with E-state index < -0.39 is 0 Å². The van der Waals surface area contributed by atoms with Crippen molar-refractivity contribution < 1.29 is 0 Å². The summed E-state index contributed by atoms with van der Waals surface area (Å²) < 4.78 is 0. The first-order valence-corrected chi connectivity index (χ1v) is 6.18. The van der Waals surface area contributed by atoms with E-state index in [-0.39, 0.29) is 0 Å². The molecule has 2 aliphatic heterocycles. The molecule has 0 saturated carbocycles. The zero-order valence-electron chi connectivity index (χ0n) is 9.71. The Bertz CT molecular complexity index is 167. The summed E-state index contributed by atoms with van der Waals surface area (Å²) in [5.74, 6) is 2.00. The highest BCUT2D eigenvalue weighted by atomic mass is 15.2. The summed E-state index contributed by atoms with van der Waals surface area (Å²) in [7, 11) is 2.24. The summed E-state index contributed by atoms with van der Waals surface area (Å²) in [4.78, 5) is 5.12. The molecular formula is C12H24N2. The zero-order chi connectivity index (χ0) is 9.97. The van der Waals surface area contributed by atoms with Crippen LogP contribution < -0.4 is 0 Å². The number of hydrogen-bond acceptors (Lipinski definition) is 2. The highest BCUT2D eigenvalue weighted by Crippen LogP contribution is 2.23. The molecule has 2 aliphatic rings. The van der Waals surface area contributed by atoms with Gasteiger partial charge in [0.1, 0.15) is 0 Å². The summed E-state index contributed by atoms with van der Waals surface area (Å²) in [6.45, 7) is 9.08. The molecule has 0 aliphatic carbocycles. The Morgan fingerprint density at radius 1 is 1.07 bits per heavy atom. The van der Waals surface area contributed by atoms with Gasteiger partial charge in [-0.05, 0) is 44.8 Å². The van der Waals surface area contributed by atoms with Crippen LogP contribution in [0.25, 0.3) is 0 Å². The van der Waals surface area contributed by atoms with Gasteiger partial charge in [-0.1, -0.05) is 13.3 Å². The van der Waals surface area contributed by atoms with E-state index >= 15 is 0 Å². The minimum atomic E-state index is 0.990. The van der Waals surface area contributed by atoms with Gasteiger partial charge in [-0.25, -0.2) is 0 Å². The first-order valence-electron chi connectivity index (χ1n) is 6.18. The summed E-state index contributed by atoms with van der Waals surface area (Å²) in [6.07, 6.45) is 4.22. The topological polar surface area (TPSA) is 6.48 Å². The molecule has 0 N–H and O–H groups in total. The third-order valence-corrected chi connectivity index (χ3v) is 3.96. The lowest BCUT2D eigenvalue weighted by molar-refractivity contribution is 0.0635. The highest BCUT2D eigenvalue weighted by Gasteiger charge is 2.27. The van der Waals surface area contributed by atoms with E-state index in [0.717, 1.165) is 11.8 Å². The van der Waals surface area contributed by atoms with Crippen LogP contribution in [0.15, 0.2) is 0 Å². The maximum Gasteiger partial charge on any atom is 0.00220 e. The van der Waals surface area contributed by atoms with Crippen molar-refractivity contribution in [3.8, 4) is 0 Å². The maximum atomic E-state index is 2.66. The van der Waals surface area contributed by atoms with Crippen molar-refractivity contribution in [2.24, 2.45) is 11.8 Å². The Kier molecular flexibility index (Phi) is 3.45. The predicted octanol–water partition coefficient (Wildman–Crippen LogP) is 1.67. The fraction of sp³-hybridized carbons (Fsp3) is 1.00. The zero-order valence-corrected chi connectivity index (χ0v) is 9.71. The Morgan fingerprint density at radius 3 is 2.29 bits per heavy atom. The Balaban J connectivity index is 1.62. The van der Waals surface area contributed by atoms with Crippen molar-refractivity contribution in [2.75, 3.05) is 39.8 Å². The molecule has 0 aromatic carbocycles. The van der Waals surface area contributed by atoms with Gasteiger partial charge in [0.15, 0.2) is 0 Å². The minimum absolute atomic E-state index is 0.990. The lowest BCUT2D eigenvalue weighted by atomic mass is 9.91. The first kappa shape index (κ1) is 10.4. The van der Waals surface area contributed by atoms with E-state index in [9.17, 15) is 0 Å². The van der Waals surface area contributed by atoms with Crippen molar-refractivity contribution in [3.63, 3.8) is 0 Å². The normalized spacial score (nSPS) is 27.9. The van der Waals surface area contributed by atoms with Gasteiger partial charge in [-0.2, -0.15) is 0 Å².